The molecule has 5 nitrogen and oxygen atoms in total. The molecule has 4 N–H and O–H groups in total. The van der Waals surface area contributed by atoms with E-state index in [1.165, 1.54) is 6.07 Å². The Morgan fingerprint density at radius 3 is 2.56 bits per heavy atom. The van der Waals surface area contributed by atoms with E-state index in [4.69, 9.17) is 15.6 Å². The molecule has 0 spiro atoms. The summed E-state index contributed by atoms with van der Waals surface area (Å²) in [5.41, 5.74) is 7.66. The molecule has 27 heavy (non-hydrogen) atoms. The van der Waals surface area contributed by atoms with Gasteiger partial charge in [0.1, 0.15) is 17.3 Å². The van der Waals surface area contributed by atoms with Crippen molar-refractivity contribution >= 4 is 11.6 Å². The maximum atomic E-state index is 13.4. The molecule has 0 heterocycles. The van der Waals surface area contributed by atoms with Gasteiger partial charge >= 0.3 is 0 Å². The number of ether oxygens (including phenoxy) is 1. The number of benzene rings is 3. The first-order valence-corrected chi connectivity index (χ1v) is 8.42. The second kappa shape index (κ2) is 8.82. The number of nitrogens with two attached hydrogens (primary N) is 1. The van der Waals surface area contributed by atoms with E-state index in [1.54, 1.807) is 12.1 Å². The standard InChI is InChI=1S/C21H20FN3O2/c22-20-10-9-15(11-16(20)14-26)13-24-21(23)25-17-5-4-8-19(12-17)27-18-6-2-1-3-7-18/h1-12,26H,13-14H2,(H3,23,24,25). The van der Waals surface area contributed by atoms with Gasteiger partial charge in [-0.15, -0.1) is 0 Å². The lowest BCUT2D eigenvalue weighted by molar-refractivity contribution is 0.275. The molecular formula is C21H20FN3O2. The Bertz CT molecular complexity index is 930. The molecule has 0 fully saturated rings. The fourth-order valence-electron chi connectivity index (χ4n) is 2.47. The van der Waals surface area contributed by atoms with E-state index in [1.807, 2.05) is 54.6 Å². The van der Waals surface area contributed by atoms with Gasteiger partial charge in [-0.1, -0.05) is 30.3 Å². The number of halogens is 1. The molecule has 3 rings (SSSR count). The van der Waals surface area contributed by atoms with Crippen LogP contribution in [0, 0.1) is 5.82 Å². The van der Waals surface area contributed by atoms with Crippen LogP contribution in [0.4, 0.5) is 10.1 Å². The van der Waals surface area contributed by atoms with E-state index in [0.29, 0.717) is 5.75 Å². The van der Waals surface area contributed by atoms with Gasteiger partial charge < -0.3 is 20.9 Å². The molecule has 0 aliphatic rings. The first-order valence-electron chi connectivity index (χ1n) is 8.42. The van der Waals surface area contributed by atoms with Gasteiger partial charge in [0.2, 0.25) is 0 Å². The van der Waals surface area contributed by atoms with Crippen LogP contribution in [0.15, 0.2) is 77.8 Å². The molecule has 0 unspecified atom stereocenters. The van der Waals surface area contributed by atoms with Crippen LogP contribution < -0.4 is 15.8 Å². The van der Waals surface area contributed by atoms with Crippen LogP contribution in [-0.2, 0) is 13.2 Å². The van der Waals surface area contributed by atoms with E-state index in [2.05, 4.69) is 10.3 Å². The zero-order chi connectivity index (χ0) is 19.1. The Kier molecular flexibility index (Phi) is 6.02. The van der Waals surface area contributed by atoms with E-state index in [-0.39, 0.29) is 24.7 Å². The summed E-state index contributed by atoms with van der Waals surface area (Å²) in [5.74, 6) is 1.20. The molecular weight excluding hydrogens is 345 g/mol. The van der Waals surface area contributed by atoms with Gasteiger partial charge in [0.25, 0.3) is 0 Å². The molecule has 3 aromatic carbocycles. The third-order valence-electron chi connectivity index (χ3n) is 3.80. The van der Waals surface area contributed by atoms with E-state index >= 15 is 0 Å². The van der Waals surface area contributed by atoms with Gasteiger partial charge in [-0.05, 0) is 42.0 Å². The van der Waals surface area contributed by atoms with Gasteiger partial charge in [-0.25, -0.2) is 9.38 Å². The number of nitrogens with zero attached hydrogens (tertiary/aromatic N) is 1. The molecule has 0 saturated carbocycles. The van der Waals surface area contributed by atoms with Crippen LogP contribution in [0.5, 0.6) is 11.5 Å². The van der Waals surface area contributed by atoms with Crippen molar-refractivity contribution in [2.24, 2.45) is 10.7 Å². The van der Waals surface area contributed by atoms with Crippen LogP contribution in [0.3, 0.4) is 0 Å². The Labute approximate surface area is 156 Å². The van der Waals surface area contributed by atoms with Crippen LogP contribution in [-0.4, -0.2) is 11.1 Å². The fraction of sp³-hybridized carbons (Fsp3) is 0.0952. The first kappa shape index (κ1) is 18.4. The minimum absolute atomic E-state index is 0.224. The lowest BCUT2D eigenvalue weighted by Crippen LogP contribution is -2.22. The first-order chi connectivity index (χ1) is 13.1. The normalized spacial score (nSPS) is 11.3. The summed E-state index contributed by atoms with van der Waals surface area (Å²) >= 11 is 0. The number of hydrogen-bond acceptors (Lipinski definition) is 3. The summed E-state index contributed by atoms with van der Waals surface area (Å²) < 4.78 is 19.2. The summed E-state index contributed by atoms with van der Waals surface area (Å²) in [6.45, 7) is -0.0857. The molecule has 0 aliphatic heterocycles. The Balaban J connectivity index is 1.64. The molecule has 138 valence electrons. The number of rotatable bonds is 6. The topological polar surface area (TPSA) is 79.9 Å². The summed E-state index contributed by atoms with van der Waals surface area (Å²) in [6, 6.07) is 21.3. The predicted octanol–water partition coefficient (Wildman–Crippen LogP) is 4.04. The van der Waals surface area contributed by atoms with Crippen LogP contribution >= 0.6 is 0 Å². The third-order valence-corrected chi connectivity index (χ3v) is 3.80. The van der Waals surface area contributed by atoms with Gasteiger partial charge in [-0.2, -0.15) is 0 Å². The second-order valence-corrected chi connectivity index (χ2v) is 5.85. The number of aliphatic hydroxyl groups excluding tert-OH is 1. The monoisotopic (exact) mass is 365 g/mol. The minimum atomic E-state index is -0.438. The highest BCUT2D eigenvalue weighted by Crippen LogP contribution is 2.23. The average molecular weight is 365 g/mol. The van der Waals surface area contributed by atoms with E-state index in [9.17, 15) is 4.39 Å². The van der Waals surface area contributed by atoms with Gasteiger partial charge in [0, 0.05) is 17.3 Å². The number of para-hydroxylation sites is 1. The summed E-state index contributed by atoms with van der Waals surface area (Å²) in [7, 11) is 0. The number of aliphatic hydroxyl groups is 1. The van der Waals surface area contributed by atoms with Crippen molar-refractivity contribution in [3.05, 3.63) is 89.7 Å². The minimum Gasteiger partial charge on any atom is -0.457 e. The maximum Gasteiger partial charge on any atom is 0.193 e. The Hall–Kier alpha value is -3.38. The van der Waals surface area contributed by atoms with Gasteiger partial charge in [0.15, 0.2) is 5.96 Å². The molecule has 0 saturated heterocycles. The highest BCUT2D eigenvalue weighted by atomic mass is 19.1. The van der Waals surface area contributed by atoms with Crippen molar-refractivity contribution in [3.8, 4) is 11.5 Å². The number of nitrogens with one attached hydrogen (secondary N) is 1. The summed E-state index contributed by atoms with van der Waals surface area (Å²) in [6.07, 6.45) is 0. The smallest absolute Gasteiger partial charge is 0.193 e. The summed E-state index contributed by atoms with van der Waals surface area (Å²) in [4.78, 5) is 4.25. The van der Waals surface area contributed by atoms with Crippen molar-refractivity contribution < 1.29 is 14.2 Å². The zero-order valence-electron chi connectivity index (χ0n) is 14.6. The van der Waals surface area contributed by atoms with Crippen molar-refractivity contribution in [3.63, 3.8) is 0 Å². The average Bonchev–Trinajstić information content (AvgIpc) is 2.68. The van der Waals surface area contributed by atoms with E-state index in [0.717, 1.165) is 17.0 Å². The highest BCUT2D eigenvalue weighted by Gasteiger charge is 2.03. The molecule has 0 bridgehead atoms. The molecule has 0 atom stereocenters. The zero-order valence-corrected chi connectivity index (χ0v) is 14.6. The summed E-state index contributed by atoms with van der Waals surface area (Å²) in [5, 5.41) is 12.1. The van der Waals surface area contributed by atoms with Crippen LogP contribution in [0.1, 0.15) is 11.1 Å². The fourth-order valence-corrected chi connectivity index (χ4v) is 2.47. The lowest BCUT2D eigenvalue weighted by atomic mass is 10.1. The largest absolute Gasteiger partial charge is 0.457 e. The Morgan fingerprint density at radius 2 is 1.78 bits per heavy atom. The van der Waals surface area contributed by atoms with Crippen LogP contribution in [0.25, 0.3) is 0 Å². The molecule has 0 radical (unpaired) electrons. The maximum absolute atomic E-state index is 13.4. The third kappa shape index (κ3) is 5.29. The molecule has 6 heteroatoms. The van der Waals surface area contributed by atoms with Gasteiger partial charge in [-0.3, -0.25) is 0 Å². The van der Waals surface area contributed by atoms with Crippen molar-refractivity contribution in [1.82, 2.24) is 0 Å². The second-order valence-electron chi connectivity index (χ2n) is 5.85. The number of anilines is 1. The van der Waals surface area contributed by atoms with Crippen molar-refractivity contribution in [2.75, 3.05) is 5.32 Å². The molecule has 0 amide bonds. The van der Waals surface area contributed by atoms with Crippen molar-refractivity contribution in [1.29, 1.82) is 0 Å². The highest BCUT2D eigenvalue weighted by molar-refractivity contribution is 5.92. The van der Waals surface area contributed by atoms with Crippen molar-refractivity contribution in [2.45, 2.75) is 13.2 Å². The SMILES string of the molecule is NC(=NCc1ccc(F)c(CO)c1)Nc1cccc(Oc2ccccc2)c1. The van der Waals surface area contributed by atoms with E-state index < -0.39 is 5.82 Å². The van der Waals surface area contributed by atoms with Crippen LogP contribution in [0.2, 0.25) is 0 Å². The Morgan fingerprint density at radius 1 is 1.00 bits per heavy atom. The predicted molar refractivity (Wildman–Crippen MR) is 104 cm³/mol. The molecule has 3 aromatic rings. The number of aliphatic imine (C=N–C) groups is 1. The van der Waals surface area contributed by atoms with Gasteiger partial charge in [0.05, 0.1) is 13.2 Å². The lowest BCUT2D eigenvalue weighted by Gasteiger charge is -2.09. The number of guanidine groups is 1. The number of hydrogen-bond donors (Lipinski definition) is 3. The quantitative estimate of drug-likeness (QED) is 0.455. The molecule has 0 aliphatic carbocycles. The molecule has 0 aromatic heterocycles.